The van der Waals surface area contributed by atoms with Crippen molar-refractivity contribution in [3.05, 3.63) is 81.8 Å². The van der Waals surface area contributed by atoms with Gasteiger partial charge in [0.15, 0.2) is 0 Å². The standard InChI is InChI=1S/C23H22Cl2N2O4S2/c1-15-6-11-22(31-2)21(12-15)27-33(29,30)17-9-7-16(8-10-17)26-23(28)14-32-13-18-19(24)4-3-5-20(18)25/h3-12,27H,13-14H2,1-2H3,(H,26,28). The first-order chi connectivity index (χ1) is 15.7. The fraction of sp³-hybridized carbons (Fsp3) is 0.174. The third kappa shape index (κ3) is 6.80. The first-order valence-corrected chi connectivity index (χ1v) is 13.2. The predicted molar refractivity (Wildman–Crippen MR) is 136 cm³/mol. The third-order valence-corrected chi connectivity index (χ3v) is 7.64. The van der Waals surface area contributed by atoms with Crippen LogP contribution in [0.2, 0.25) is 10.0 Å². The van der Waals surface area contributed by atoms with E-state index in [4.69, 9.17) is 27.9 Å². The Bertz CT molecular complexity index is 1230. The van der Waals surface area contributed by atoms with Gasteiger partial charge in [-0.1, -0.05) is 35.3 Å². The molecule has 0 saturated heterocycles. The first-order valence-electron chi connectivity index (χ1n) is 9.77. The average molecular weight is 525 g/mol. The molecule has 0 aromatic heterocycles. The van der Waals surface area contributed by atoms with Crippen LogP contribution in [0.4, 0.5) is 11.4 Å². The Labute approximate surface area is 207 Å². The zero-order chi connectivity index (χ0) is 24.0. The van der Waals surface area contributed by atoms with Crippen molar-refractivity contribution in [1.82, 2.24) is 0 Å². The number of benzene rings is 3. The molecule has 6 nitrogen and oxygen atoms in total. The smallest absolute Gasteiger partial charge is 0.262 e. The van der Waals surface area contributed by atoms with E-state index in [9.17, 15) is 13.2 Å². The van der Waals surface area contributed by atoms with Crippen molar-refractivity contribution in [3.63, 3.8) is 0 Å². The van der Waals surface area contributed by atoms with Gasteiger partial charge in [0.1, 0.15) is 5.75 Å². The van der Waals surface area contributed by atoms with E-state index in [2.05, 4.69) is 10.0 Å². The fourth-order valence-corrected chi connectivity index (χ4v) is 5.56. The summed E-state index contributed by atoms with van der Waals surface area (Å²) in [5, 5.41) is 3.87. The second kappa shape index (κ2) is 11.2. The molecule has 0 aliphatic rings. The van der Waals surface area contributed by atoms with Crippen LogP contribution in [-0.2, 0) is 20.6 Å². The molecule has 0 heterocycles. The minimum atomic E-state index is -3.83. The van der Waals surface area contributed by atoms with Crippen molar-refractivity contribution in [3.8, 4) is 5.75 Å². The molecule has 0 aliphatic heterocycles. The lowest BCUT2D eigenvalue weighted by Crippen LogP contribution is -2.15. The van der Waals surface area contributed by atoms with Gasteiger partial charge in [-0.05, 0) is 66.6 Å². The molecule has 0 atom stereocenters. The molecule has 174 valence electrons. The summed E-state index contributed by atoms with van der Waals surface area (Å²) in [6, 6.07) is 16.4. The topological polar surface area (TPSA) is 84.5 Å². The molecule has 33 heavy (non-hydrogen) atoms. The Balaban J connectivity index is 1.59. The lowest BCUT2D eigenvalue weighted by Gasteiger charge is -2.13. The van der Waals surface area contributed by atoms with Crippen molar-refractivity contribution in [2.24, 2.45) is 0 Å². The van der Waals surface area contributed by atoms with Gasteiger partial charge in [-0.3, -0.25) is 9.52 Å². The molecule has 0 spiro atoms. The highest BCUT2D eigenvalue weighted by atomic mass is 35.5. The molecule has 3 aromatic carbocycles. The van der Waals surface area contributed by atoms with Crippen LogP contribution in [0.15, 0.2) is 65.6 Å². The Morgan fingerprint density at radius 2 is 1.70 bits per heavy atom. The Kier molecular flexibility index (Phi) is 8.53. The number of thioether (sulfide) groups is 1. The second-order valence-electron chi connectivity index (χ2n) is 7.07. The summed E-state index contributed by atoms with van der Waals surface area (Å²) in [5.74, 6) is 0.887. The van der Waals surface area contributed by atoms with E-state index in [1.54, 1.807) is 30.3 Å². The predicted octanol–water partition coefficient (Wildman–Crippen LogP) is 5.98. The molecule has 0 unspecified atom stereocenters. The Morgan fingerprint density at radius 3 is 2.33 bits per heavy atom. The quantitative estimate of drug-likeness (QED) is 0.359. The van der Waals surface area contributed by atoms with Gasteiger partial charge in [-0.15, -0.1) is 11.8 Å². The maximum absolute atomic E-state index is 12.8. The molecular weight excluding hydrogens is 503 g/mol. The zero-order valence-electron chi connectivity index (χ0n) is 17.9. The van der Waals surface area contributed by atoms with Gasteiger partial charge in [0, 0.05) is 21.5 Å². The highest BCUT2D eigenvalue weighted by Crippen LogP contribution is 2.29. The molecule has 0 bridgehead atoms. The van der Waals surface area contributed by atoms with E-state index in [0.717, 1.165) is 11.1 Å². The summed E-state index contributed by atoms with van der Waals surface area (Å²) in [7, 11) is -2.36. The molecule has 3 rings (SSSR count). The van der Waals surface area contributed by atoms with Gasteiger partial charge in [-0.25, -0.2) is 8.42 Å². The molecule has 3 aromatic rings. The largest absolute Gasteiger partial charge is 0.495 e. The van der Waals surface area contributed by atoms with Crippen LogP contribution in [0.25, 0.3) is 0 Å². The van der Waals surface area contributed by atoms with Gasteiger partial charge < -0.3 is 10.1 Å². The highest BCUT2D eigenvalue weighted by molar-refractivity contribution is 7.99. The normalized spacial score (nSPS) is 11.2. The number of anilines is 2. The van der Waals surface area contributed by atoms with Gasteiger partial charge in [0.05, 0.1) is 23.4 Å². The number of hydrogen-bond donors (Lipinski definition) is 2. The second-order valence-corrected chi connectivity index (χ2v) is 10.6. The number of carbonyl (C=O) groups excluding carboxylic acids is 1. The van der Waals surface area contributed by atoms with E-state index in [-0.39, 0.29) is 16.6 Å². The number of amides is 1. The summed E-state index contributed by atoms with van der Waals surface area (Å²) >= 11 is 13.7. The molecule has 0 saturated carbocycles. The van der Waals surface area contributed by atoms with Crippen molar-refractivity contribution in [2.45, 2.75) is 17.6 Å². The lowest BCUT2D eigenvalue weighted by molar-refractivity contribution is -0.113. The maximum atomic E-state index is 12.8. The number of aryl methyl sites for hydroxylation is 1. The lowest BCUT2D eigenvalue weighted by atomic mass is 10.2. The van der Waals surface area contributed by atoms with Gasteiger partial charge in [-0.2, -0.15) is 0 Å². The molecule has 1 amide bonds. The minimum Gasteiger partial charge on any atom is -0.495 e. The van der Waals surface area contributed by atoms with E-state index in [1.807, 2.05) is 13.0 Å². The monoisotopic (exact) mass is 524 g/mol. The maximum Gasteiger partial charge on any atom is 0.262 e. The summed E-state index contributed by atoms with van der Waals surface area (Å²) < 4.78 is 33.3. The number of hydrogen-bond acceptors (Lipinski definition) is 5. The fourth-order valence-electron chi connectivity index (χ4n) is 2.94. The summed E-state index contributed by atoms with van der Waals surface area (Å²) in [6.07, 6.45) is 0. The van der Waals surface area contributed by atoms with Crippen LogP contribution in [-0.4, -0.2) is 27.2 Å². The SMILES string of the molecule is COc1ccc(C)cc1NS(=O)(=O)c1ccc(NC(=O)CSCc2c(Cl)cccc2Cl)cc1. The van der Waals surface area contributed by atoms with Gasteiger partial charge in [0.2, 0.25) is 5.91 Å². The number of ether oxygens (including phenoxy) is 1. The van der Waals surface area contributed by atoms with Crippen molar-refractivity contribution < 1.29 is 17.9 Å². The third-order valence-electron chi connectivity index (χ3n) is 4.59. The Hall–Kier alpha value is -2.39. The van der Waals surface area contributed by atoms with E-state index < -0.39 is 10.0 Å². The van der Waals surface area contributed by atoms with E-state index in [0.29, 0.717) is 32.9 Å². The molecular formula is C23H22Cl2N2O4S2. The number of halogens is 2. The van der Waals surface area contributed by atoms with Crippen LogP contribution in [0.1, 0.15) is 11.1 Å². The molecule has 10 heteroatoms. The van der Waals surface area contributed by atoms with Crippen molar-refractivity contribution in [2.75, 3.05) is 22.9 Å². The molecule has 2 N–H and O–H groups in total. The van der Waals surface area contributed by atoms with Gasteiger partial charge >= 0.3 is 0 Å². The van der Waals surface area contributed by atoms with Crippen LogP contribution in [0, 0.1) is 6.92 Å². The van der Waals surface area contributed by atoms with Gasteiger partial charge in [0.25, 0.3) is 10.0 Å². The van der Waals surface area contributed by atoms with Crippen LogP contribution < -0.4 is 14.8 Å². The molecule has 0 radical (unpaired) electrons. The van der Waals surface area contributed by atoms with Crippen LogP contribution in [0.3, 0.4) is 0 Å². The number of methoxy groups -OCH3 is 1. The average Bonchev–Trinajstić information content (AvgIpc) is 2.76. The highest BCUT2D eigenvalue weighted by Gasteiger charge is 2.17. The number of sulfonamides is 1. The Morgan fingerprint density at radius 1 is 1.03 bits per heavy atom. The summed E-state index contributed by atoms with van der Waals surface area (Å²) in [4.78, 5) is 12.3. The van der Waals surface area contributed by atoms with Crippen molar-refractivity contribution >= 4 is 62.3 Å². The summed E-state index contributed by atoms with van der Waals surface area (Å²) in [6.45, 7) is 1.86. The van der Waals surface area contributed by atoms with Crippen LogP contribution >= 0.6 is 35.0 Å². The number of nitrogens with one attached hydrogen (secondary N) is 2. The van der Waals surface area contributed by atoms with Crippen molar-refractivity contribution in [1.29, 1.82) is 0 Å². The number of carbonyl (C=O) groups is 1. The molecule has 0 aliphatic carbocycles. The zero-order valence-corrected chi connectivity index (χ0v) is 21.0. The summed E-state index contributed by atoms with van der Waals surface area (Å²) in [5.41, 5.74) is 2.51. The van der Waals surface area contributed by atoms with E-state index in [1.165, 1.54) is 43.1 Å². The van der Waals surface area contributed by atoms with Crippen LogP contribution in [0.5, 0.6) is 5.75 Å². The van der Waals surface area contributed by atoms with E-state index >= 15 is 0 Å². The first kappa shape index (κ1) is 25.2. The molecule has 0 fully saturated rings. The number of rotatable bonds is 9. The minimum absolute atomic E-state index is 0.0618.